The van der Waals surface area contributed by atoms with Crippen LogP contribution in [0.25, 0.3) is 0 Å². The lowest BCUT2D eigenvalue weighted by Crippen LogP contribution is -2.32. The monoisotopic (exact) mass is 363 g/mol. The molecule has 2 aliphatic rings. The molecule has 0 N–H and O–H groups in total. The summed E-state index contributed by atoms with van der Waals surface area (Å²) in [4.78, 5) is 4.03. The van der Waals surface area contributed by atoms with Gasteiger partial charge in [0.1, 0.15) is 0 Å². The van der Waals surface area contributed by atoms with Crippen molar-refractivity contribution in [3.05, 3.63) is 23.4 Å². The van der Waals surface area contributed by atoms with Gasteiger partial charge in [-0.1, -0.05) is 25.0 Å². The lowest BCUT2D eigenvalue weighted by atomic mass is 9.66. The molecule has 4 unspecified atom stereocenters. The Bertz CT molecular complexity index is 502. The zero-order valence-corrected chi connectivity index (χ0v) is 17.2. The Morgan fingerprint density at radius 1 is 1.12 bits per heavy atom. The van der Waals surface area contributed by atoms with Crippen molar-refractivity contribution in [2.45, 2.75) is 77.4 Å². The minimum Gasteiger partial charge on any atom is -0.200 e. The van der Waals surface area contributed by atoms with Gasteiger partial charge in [-0.15, -0.1) is 0 Å². The number of nitrogens with zero attached hydrogens (tertiary/aromatic N) is 1. The van der Waals surface area contributed by atoms with Crippen molar-refractivity contribution in [3.63, 3.8) is 0 Å². The van der Waals surface area contributed by atoms with E-state index in [0.717, 1.165) is 28.7 Å². The van der Waals surface area contributed by atoms with Crippen LogP contribution in [0, 0.1) is 17.8 Å². The van der Waals surface area contributed by atoms with E-state index >= 15 is 0 Å². The summed E-state index contributed by atoms with van der Waals surface area (Å²) in [5.74, 6) is 4.12. The predicted octanol–water partition coefficient (Wildman–Crippen LogP) is 7.06. The number of rotatable bonds is 7. The van der Waals surface area contributed by atoms with Crippen molar-refractivity contribution < 1.29 is 0 Å². The number of aliphatic imine (C=N–C) groups is 1. The largest absolute Gasteiger partial charge is 0.200 e. The molecule has 2 aliphatic carbocycles. The number of hydrogen-bond acceptors (Lipinski definition) is 3. The van der Waals surface area contributed by atoms with Crippen molar-refractivity contribution in [3.8, 4) is 0 Å². The molecular formula is C21H33NS2. The molecule has 3 heteroatoms. The van der Waals surface area contributed by atoms with Crippen LogP contribution < -0.4 is 0 Å². The van der Waals surface area contributed by atoms with E-state index in [1.807, 2.05) is 6.92 Å². The van der Waals surface area contributed by atoms with E-state index in [2.05, 4.69) is 60.1 Å². The van der Waals surface area contributed by atoms with Crippen LogP contribution in [0.15, 0.2) is 28.4 Å². The van der Waals surface area contributed by atoms with Gasteiger partial charge >= 0.3 is 0 Å². The van der Waals surface area contributed by atoms with Crippen LogP contribution in [-0.2, 0) is 0 Å². The highest BCUT2D eigenvalue weighted by Crippen LogP contribution is 2.47. The van der Waals surface area contributed by atoms with Crippen molar-refractivity contribution in [2.24, 2.45) is 22.7 Å². The molecule has 2 rings (SSSR count). The molecule has 2 fully saturated rings. The van der Waals surface area contributed by atoms with Crippen molar-refractivity contribution in [1.82, 2.24) is 0 Å². The molecule has 0 aromatic rings. The molecule has 0 aromatic carbocycles. The molecule has 0 aromatic heterocycles. The van der Waals surface area contributed by atoms with Crippen molar-refractivity contribution >= 4 is 29.1 Å². The molecule has 1 nitrogen and oxygen atoms in total. The quantitative estimate of drug-likeness (QED) is 0.208. The molecule has 134 valence electrons. The second-order valence-corrected chi connectivity index (χ2v) is 9.20. The van der Waals surface area contributed by atoms with Gasteiger partial charge in [-0.2, -0.15) is 16.8 Å². The zero-order chi connectivity index (χ0) is 17.4. The molecule has 4 atom stereocenters. The van der Waals surface area contributed by atoms with Gasteiger partial charge in [0, 0.05) is 10.9 Å². The third-order valence-electron chi connectivity index (χ3n) is 5.87. The number of fused-ring (bicyclic) bond motifs is 1. The van der Waals surface area contributed by atoms with Crippen LogP contribution in [0.4, 0.5) is 0 Å². The minimum atomic E-state index is 0.774. The van der Waals surface area contributed by atoms with Gasteiger partial charge in [0.2, 0.25) is 0 Å². The maximum absolute atomic E-state index is 4.66. The van der Waals surface area contributed by atoms with Crippen LogP contribution in [-0.4, -0.2) is 16.2 Å². The number of thioether (sulfide) groups is 1. The molecule has 2 saturated carbocycles. The van der Waals surface area contributed by atoms with Crippen LogP contribution in [0.5, 0.6) is 0 Å². The summed E-state index contributed by atoms with van der Waals surface area (Å²) >= 11 is 6.92. The molecule has 0 spiro atoms. The highest BCUT2D eigenvalue weighted by atomic mass is 32.2. The topological polar surface area (TPSA) is 12.4 Å². The van der Waals surface area contributed by atoms with Gasteiger partial charge in [0.05, 0.1) is 5.16 Å². The molecule has 24 heavy (non-hydrogen) atoms. The van der Waals surface area contributed by atoms with Gasteiger partial charge < -0.3 is 0 Å². The lowest BCUT2D eigenvalue weighted by molar-refractivity contribution is 0.146. The van der Waals surface area contributed by atoms with Crippen molar-refractivity contribution in [1.29, 1.82) is 0 Å². The highest BCUT2D eigenvalue weighted by molar-refractivity contribution is 7.99. The number of allylic oxidation sites excluding steroid dienone is 4. The van der Waals surface area contributed by atoms with E-state index in [4.69, 9.17) is 0 Å². The van der Waals surface area contributed by atoms with Gasteiger partial charge in [-0.3, -0.25) is 0 Å². The van der Waals surface area contributed by atoms with Crippen LogP contribution in [0.3, 0.4) is 0 Å². The van der Waals surface area contributed by atoms with Gasteiger partial charge in [0.15, 0.2) is 0 Å². The number of hydrogen-bond donors (Lipinski definition) is 0. The minimum absolute atomic E-state index is 0.774. The summed E-state index contributed by atoms with van der Waals surface area (Å²) in [7, 11) is 0. The molecule has 0 heterocycles. The molecule has 0 radical (unpaired) electrons. The fourth-order valence-electron chi connectivity index (χ4n) is 4.30. The second-order valence-electron chi connectivity index (χ2n) is 7.61. The first-order valence-electron chi connectivity index (χ1n) is 9.68. The Morgan fingerprint density at radius 3 is 2.62 bits per heavy atom. The normalized spacial score (nSPS) is 31.3. The maximum Gasteiger partial charge on any atom is 0.0637 e. The molecule has 0 amide bonds. The number of isothiocyanates is 1. The van der Waals surface area contributed by atoms with E-state index in [1.54, 1.807) is 0 Å². The average Bonchev–Trinajstić information content (AvgIpc) is 2.59. The third kappa shape index (κ3) is 6.17. The smallest absolute Gasteiger partial charge is 0.0637 e. The SMILES string of the molecule is CCCCSC1CCC2CC(/C(C)=C/C=C(\C)N=C=S)CCC2C1. The summed E-state index contributed by atoms with van der Waals surface area (Å²) in [6.07, 6.45) is 15.7. The van der Waals surface area contributed by atoms with Crippen LogP contribution in [0.1, 0.15) is 72.1 Å². The Morgan fingerprint density at radius 2 is 1.88 bits per heavy atom. The Labute approximate surface area is 158 Å². The molecule has 0 bridgehead atoms. The molecular weight excluding hydrogens is 330 g/mol. The summed E-state index contributed by atoms with van der Waals surface area (Å²) < 4.78 is 0. The van der Waals surface area contributed by atoms with Gasteiger partial charge in [0.25, 0.3) is 0 Å². The third-order valence-corrected chi connectivity index (χ3v) is 7.38. The van der Waals surface area contributed by atoms with E-state index < -0.39 is 0 Å². The average molecular weight is 364 g/mol. The van der Waals surface area contributed by atoms with E-state index in [0.29, 0.717) is 0 Å². The predicted molar refractivity (Wildman–Crippen MR) is 112 cm³/mol. The fourth-order valence-corrected chi connectivity index (χ4v) is 5.92. The zero-order valence-electron chi connectivity index (χ0n) is 15.6. The number of thiocarbonyl (C=S) groups is 1. The Kier molecular flexibility index (Phi) is 8.80. The summed E-state index contributed by atoms with van der Waals surface area (Å²) in [6, 6.07) is 0. The summed E-state index contributed by atoms with van der Waals surface area (Å²) in [5.41, 5.74) is 2.47. The Hall–Kier alpha value is -0.370. The van der Waals surface area contributed by atoms with E-state index in [9.17, 15) is 0 Å². The summed E-state index contributed by atoms with van der Waals surface area (Å²) in [6.45, 7) is 6.58. The fraction of sp³-hybridized carbons (Fsp3) is 0.762. The Balaban J connectivity index is 1.84. The summed E-state index contributed by atoms with van der Waals surface area (Å²) in [5, 5.41) is 3.39. The molecule has 0 saturated heterocycles. The highest BCUT2D eigenvalue weighted by Gasteiger charge is 2.35. The second kappa shape index (κ2) is 10.6. The standard InChI is InChI=1S/C21H33NS2/c1-4-5-12-24-21-11-10-19-13-18(8-9-20(19)14-21)16(2)6-7-17(3)22-15-23/h6-7,18-21H,4-5,8-14H2,1-3H3/b16-6+,17-7+. The van der Waals surface area contributed by atoms with Crippen molar-refractivity contribution in [2.75, 3.05) is 5.75 Å². The first kappa shape index (κ1) is 19.9. The lowest BCUT2D eigenvalue weighted by Gasteiger charge is -2.42. The molecule has 0 aliphatic heterocycles. The maximum atomic E-state index is 4.66. The van der Waals surface area contributed by atoms with Gasteiger partial charge in [-0.25, -0.2) is 0 Å². The van der Waals surface area contributed by atoms with Gasteiger partial charge in [-0.05, 0) is 101 Å². The van der Waals surface area contributed by atoms with E-state index in [-0.39, 0.29) is 0 Å². The van der Waals surface area contributed by atoms with Crippen LogP contribution in [0.2, 0.25) is 0 Å². The van der Waals surface area contributed by atoms with E-state index in [1.165, 1.54) is 62.7 Å². The van der Waals surface area contributed by atoms with Crippen LogP contribution >= 0.6 is 24.0 Å². The first-order chi connectivity index (χ1) is 11.6. The first-order valence-corrected chi connectivity index (χ1v) is 11.1. The number of unbranched alkanes of at least 4 members (excludes halogenated alkanes) is 1.